The van der Waals surface area contributed by atoms with E-state index in [2.05, 4.69) is 64.4 Å². The molecule has 2 aliphatic heterocycles. The van der Waals surface area contributed by atoms with E-state index < -0.39 is 0 Å². The lowest BCUT2D eigenvalue weighted by molar-refractivity contribution is -0.0308. The van der Waals surface area contributed by atoms with Crippen LogP contribution in [0.25, 0.3) is 0 Å². The maximum absolute atomic E-state index is 9.75. The van der Waals surface area contributed by atoms with Gasteiger partial charge < -0.3 is 19.6 Å². The Morgan fingerprint density at radius 3 is 1.44 bits per heavy atom. The van der Waals surface area contributed by atoms with Gasteiger partial charge in [-0.2, -0.15) is 0 Å². The summed E-state index contributed by atoms with van der Waals surface area (Å²) in [4.78, 5) is 22.0. The SMILES string of the molecule is CC(C)C(O)C1CCCCC1.CC(C)C(OCC[C@@H]1C[C@@H]1C1CCN(c2ncc(Cl)cn2)CC1)C1CCCCC1.CCC[C@@H]1C[C@@H]1C1CCN(c2ncc(Cl)cn2)CC1. The number of hydrogen-bond acceptors (Lipinski definition) is 8. The number of rotatable bonds is 14. The molecule has 1 N–H and O–H groups in total. The van der Waals surface area contributed by atoms with Crippen molar-refractivity contribution in [2.75, 3.05) is 42.6 Å². The number of anilines is 2. The predicted molar refractivity (Wildman–Crippen MR) is 245 cm³/mol. The van der Waals surface area contributed by atoms with Crippen LogP contribution in [0.5, 0.6) is 0 Å². The maximum Gasteiger partial charge on any atom is 0.225 e. The molecular formula is C49H80Cl2N6O2. The summed E-state index contributed by atoms with van der Waals surface area (Å²) >= 11 is 11.7. The Morgan fingerprint density at radius 2 is 1.03 bits per heavy atom. The summed E-state index contributed by atoms with van der Waals surface area (Å²) < 4.78 is 6.48. The second-order valence-corrected chi connectivity index (χ2v) is 20.9. The highest BCUT2D eigenvalue weighted by Gasteiger charge is 2.44. The van der Waals surface area contributed by atoms with Gasteiger partial charge in [-0.15, -0.1) is 0 Å². The summed E-state index contributed by atoms with van der Waals surface area (Å²) in [6.45, 7) is 16.5. The molecule has 6 atom stereocenters. The minimum Gasteiger partial charge on any atom is -0.393 e. The molecule has 6 aliphatic rings. The molecule has 0 radical (unpaired) electrons. The predicted octanol–water partition coefficient (Wildman–Crippen LogP) is 12.4. The summed E-state index contributed by atoms with van der Waals surface area (Å²) in [6.07, 6.45) is 32.8. The van der Waals surface area contributed by atoms with Crippen molar-refractivity contribution in [3.63, 3.8) is 0 Å². The highest BCUT2D eigenvalue weighted by molar-refractivity contribution is 6.30. The van der Waals surface area contributed by atoms with E-state index in [-0.39, 0.29) is 6.10 Å². The fourth-order valence-corrected chi connectivity index (χ4v) is 11.6. The molecule has 10 heteroatoms. The van der Waals surface area contributed by atoms with E-state index >= 15 is 0 Å². The molecule has 2 saturated heterocycles. The molecule has 0 spiro atoms. The summed E-state index contributed by atoms with van der Waals surface area (Å²) in [7, 11) is 0. The quantitative estimate of drug-likeness (QED) is 0.201. The van der Waals surface area contributed by atoms with E-state index in [1.807, 2.05) is 0 Å². The topological polar surface area (TPSA) is 87.5 Å². The third-order valence-electron chi connectivity index (χ3n) is 15.1. The zero-order valence-corrected chi connectivity index (χ0v) is 39.0. The second kappa shape index (κ2) is 23.6. The molecule has 2 aromatic heterocycles. The molecule has 4 saturated carbocycles. The van der Waals surface area contributed by atoms with Crippen molar-refractivity contribution in [1.82, 2.24) is 19.9 Å². The first-order valence-corrected chi connectivity index (χ1v) is 25.1. The summed E-state index contributed by atoms with van der Waals surface area (Å²) in [5.41, 5.74) is 0. The molecule has 6 fully saturated rings. The Hall–Kier alpha value is -1.74. The smallest absolute Gasteiger partial charge is 0.225 e. The third-order valence-corrected chi connectivity index (χ3v) is 15.5. The van der Waals surface area contributed by atoms with Gasteiger partial charge in [-0.25, -0.2) is 19.9 Å². The standard InChI is InChI=1S/C24H38ClN3O.C15H22ClN3.C10H20O/c1-17(2)23(19-6-4-3-5-7-19)29-13-10-20-14-22(20)18-8-11-28(12-9-18)24-26-15-21(25)16-27-24;1-2-3-12-8-14(12)11-4-6-19(7-5-11)15-17-9-13(16)10-18-15;1-8(2)10(11)9-6-4-3-5-7-9/h15-20,22-23H,3-14H2,1-2H3;9-12,14H,2-8H2,1H3;8-11H,3-7H2,1-2H3/t20-,22-,23?;12-,14-;/m11./s1. The normalized spacial score (nSPS) is 26.8. The largest absolute Gasteiger partial charge is 0.393 e. The number of aromatic nitrogens is 4. The number of aliphatic hydroxyl groups is 1. The van der Waals surface area contributed by atoms with Crippen molar-refractivity contribution in [2.45, 2.75) is 169 Å². The second-order valence-electron chi connectivity index (χ2n) is 20.1. The number of nitrogens with zero attached hydrogens (tertiary/aromatic N) is 6. The zero-order valence-electron chi connectivity index (χ0n) is 37.5. The van der Waals surface area contributed by atoms with Crippen LogP contribution in [0.4, 0.5) is 11.9 Å². The van der Waals surface area contributed by atoms with Crippen LogP contribution < -0.4 is 9.80 Å². The Labute approximate surface area is 368 Å². The molecule has 0 amide bonds. The molecule has 8 nitrogen and oxygen atoms in total. The lowest BCUT2D eigenvalue weighted by Gasteiger charge is -2.33. The molecule has 4 heterocycles. The van der Waals surface area contributed by atoms with Crippen LogP contribution in [0.15, 0.2) is 24.8 Å². The minimum atomic E-state index is -0.0460. The molecule has 0 bridgehead atoms. The van der Waals surface area contributed by atoms with Gasteiger partial charge in [-0.05, 0) is 130 Å². The van der Waals surface area contributed by atoms with Crippen LogP contribution in [0.2, 0.25) is 10.0 Å². The van der Waals surface area contributed by atoms with Crippen LogP contribution >= 0.6 is 23.2 Å². The fraction of sp³-hybridized carbons (Fsp3) is 0.837. The van der Waals surface area contributed by atoms with E-state index in [1.54, 1.807) is 24.8 Å². The van der Waals surface area contributed by atoms with Crippen molar-refractivity contribution < 1.29 is 9.84 Å². The Kier molecular flexibility index (Phi) is 18.7. The monoisotopic (exact) mass is 855 g/mol. The van der Waals surface area contributed by atoms with E-state index in [0.717, 1.165) is 86.1 Å². The number of halogens is 2. The molecule has 2 unspecified atom stereocenters. The van der Waals surface area contributed by atoms with Crippen molar-refractivity contribution in [3.8, 4) is 0 Å². The van der Waals surface area contributed by atoms with Gasteiger partial charge in [-0.1, -0.05) is 109 Å². The van der Waals surface area contributed by atoms with Gasteiger partial charge in [0.25, 0.3) is 0 Å². The minimum absolute atomic E-state index is 0.0460. The highest BCUT2D eigenvalue weighted by atomic mass is 35.5. The van der Waals surface area contributed by atoms with Gasteiger partial charge in [0, 0.05) is 32.8 Å². The molecule has 2 aromatic rings. The first-order chi connectivity index (χ1) is 28.6. The zero-order chi connectivity index (χ0) is 41.7. The van der Waals surface area contributed by atoms with E-state index in [1.165, 1.54) is 122 Å². The van der Waals surface area contributed by atoms with Crippen LogP contribution in [0.1, 0.15) is 157 Å². The van der Waals surface area contributed by atoms with Gasteiger partial charge in [0.05, 0.1) is 47.0 Å². The van der Waals surface area contributed by atoms with Crippen LogP contribution in [-0.2, 0) is 4.74 Å². The summed E-state index contributed by atoms with van der Waals surface area (Å²) in [5.74, 6) is 9.87. The first kappa shape index (κ1) is 46.8. The average molecular weight is 856 g/mol. The van der Waals surface area contributed by atoms with Crippen molar-refractivity contribution >= 4 is 35.1 Å². The Morgan fingerprint density at radius 1 is 0.610 bits per heavy atom. The molecule has 59 heavy (non-hydrogen) atoms. The molecule has 332 valence electrons. The number of hydrogen-bond donors (Lipinski definition) is 1. The Balaban J connectivity index is 0.000000166. The number of piperidine rings is 2. The first-order valence-electron chi connectivity index (χ1n) is 24.4. The maximum atomic E-state index is 9.75. The number of aliphatic hydroxyl groups excluding tert-OH is 1. The van der Waals surface area contributed by atoms with Crippen molar-refractivity contribution in [2.24, 2.45) is 59.2 Å². The van der Waals surface area contributed by atoms with Gasteiger partial charge in [0.2, 0.25) is 11.9 Å². The van der Waals surface area contributed by atoms with Gasteiger partial charge >= 0.3 is 0 Å². The van der Waals surface area contributed by atoms with Crippen molar-refractivity contribution in [3.05, 3.63) is 34.8 Å². The summed E-state index contributed by atoms with van der Waals surface area (Å²) in [6, 6.07) is 0. The highest BCUT2D eigenvalue weighted by Crippen LogP contribution is 2.51. The van der Waals surface area contributed by atoms with E-state index in [0.29, 0.717) is 33.9 Å². The third kappa shape index (κ3) is 14.4. The number of ether oxygens (including phenoxy) is 1. The van der Waals surface area contributed by atoms with Gasteiger partial charge in [0.1, 0.15) is 0 Å². The molecule has 8 rings (SSSR count). The van der Waals surface area contributed by atoms with Crippen molar-refractivity contribution in [1.29, 1.82) is 0 Å². The van der Waals surface area contributed by atoms with Crippen LogP contribution in [0, 0.1) is 59.2 Å². The van der Waals surface area contributed by atoms with E-state index in [4.69, 9.17) is 27.9 Å². The van der Waals surface area contributed by atoms with Gasteiger partial charge in [0.15, 0.2) is 0 Å². The van der Waals surface area contributed by atoms with Crippen LogP contribution in [-0.4, -0.2) is 70.0 Å². The Bertz CT molecular complexity index is 1450. The van der Waals surface area contributed by atoms with Crippen LogP contribution in [0.3, 0.4) is 0 Å². The molecular weight excluding hydrogens is 775 g/mol. The van der Waals surface area contributed by atoms with Gasteiger partial charge in [-0.3, -0.25) is 0 Å². The lowest BCUT2D eigenvalue weighted by Crippen LogP contribution is -2.35. The average Bonchev–Trinajstić information content (AvgIpc) is 4.21. The summed E-state index contributed by atoms with van der Waals surface area (Å²) in [5, 5.41) is 11.0. The molecule has 0 aromatic carbocycles. The molecule has 4 aliphatic carbocycles. The lowest BCUT2D eigenvalue weighted by atomic mass is 9.81. The van der Waals surface area contributed by atoms with E-state index in [9.17, 15) is 5.11 Å². The fourth-order valence-electron chi connectivity index (χ4n) is 11.4.